The fourth-order valence-corrected chi connectivity index (χ4v) is 12.6. The Morgan fingerprint density at radius 3 is 1.69 bits per heavy atom. The van der Waals surface area contributed by atoms with Gasteiger partial charge in [0.1, 0.15) is 22.3 Å². The third kappa shape index (κ3) is 3.82. The van der Waals surface area contributed by atoms with Crippen molar-refractivity contribution in [3.8, 4) is 22.8 Å². The van der Waals surface area contributed by atoms with Crippen LogP contribution in [0.2, 0.25) is 0 Å². The van der Waals surface area contributed by atoms with Gasteiger partial charge < -0.3 is 8.83 Å². The van der Waals surface area contributed by atoms with Crippen LogP contribution in [-0.2, 0) is 5.41 Å². The topological polar surface area (TPSA) is 65.0 Å². The number of furan rings is 2. The summed E-state index contributed by atoms with van der Waals surface area (Å²) in [4.78, 5) is 16.2. The quantitative estimate of drug-likeness (QED) is 0.184. The van der Waals surface area contributed by atoms with Gasteiger partial charge in [-0.2, -0.15) is 0 Å². The molecule has 5 aromatic carbocycles. The number of allylic oxidation sites excluding steroid dienone is 4. The van der Waals surface area contributed by atoms with Crippen LogP contribution in [0.4, 0.5) is 0 Å². The Morgan fingerprint density at radius 1 is 0.519 bits per heavy atom. The lowest BCUT2D eigenvalue weighted by Crippen LogP contribution is -2.57. The standard InChI is InChI=1S/C49H37N3O2/c1-4-18-39-35(12-1)43-36(15-9-19-40(43)49(39)29-23-27-22-28(25-29)26-30(49)24-27)46-50-47(37-16-7-13-33-31-10-2-5-20-41(31)53-44(33)37)52-48(51-46)38-17-8-14-34-32-11-3-6-21-42(32)54-45(34)38/h1-21,27-30,40,43H,22-26H2. The number of nitrogens with zero attached hydrogens (tertiary/aromatic N) is 3. The van der Waals surface area contributed by atoms with Crippen LogP contribution in [0.5, 0.6) is 0 Å². The Bertz CT molecular complexity index is 2780. The first-order valence-electron chi connectivity index (χ1n) is 19.8. The molecule has 4 saturated carbocycles. The molecule has 4 fully saturated rings. The number of rotatable bonds is 3. The van der Waals surface area contributed by atoms with Gasteiger partial charge in [0, 0.05) is 38.5 Å². The molecule has 6 aliphatic rings. The van der Waals surface area contributed by atoms with E-state index in [-0.39, 0.29) is 11.3 Å². The Kier molecular flexibility index (Phi) is 5.85. The van der Waals surface area contributed by atoms with Crippen molar-refractivity contribution in [2.75, 3.05) is 0 Å². The minimum absolute atomic E-state index is 0.170. The highest BCUT2D eigenvalue weighted by Crippen LogP contribution is 2.72. The van der Waals surface area contributed by atoms with Gasteiger partial charge in [-0.1, -0.05) is 103 Å². The van der Waals surface area contributed by atoms with Crippen molar-refractivity contribution in [3.05, 3.63) is 144 Å². The molecule has 2 unspecified atom stereocenters. The highest BCUT2D eigenvalue weighted by molar-refractivity contribution is 6.10. The normalized spacial score (nSPS) is 27.7. The Labute approximate surface area is 312 Å². The zero-order chi connectivity index (χ0) is 35.1. The van der Waals surface area contributed by atoms with Crippen LogP contribution < -0.4 is 0 Å². The average molecular weight is 700 g/mol. The van der Waals surface area contributed by atoms with Gasteiger partial charge >= 0.3 is 0 Å². The molecule has 4 bridgehead atoms. The molecule has 0 amide bonds. The van der Waals surface area contributed by atoms with Crippen molar-refractivity contribution in [1.82, 2.24) is 15.0 Å². The van der Waals surface area contributed by atoms with Gasteiger partial charge in [-0.3, -0.25) is 0 Å². The monoisotopic (exact) mass is 699 g/mol. The largest absolute Gasteiger partial charge is 0.455 e. The summed E-state index contributed by atoms with van der Waals surface area (Å²) in [6, 6.07) is 38.5. The predicted octanol–water partition coefficient (Wildman–Crippen LogP) is 12.1. The van der Waals surface area contributed by atoms with Gasteiger partial charge in [-0.25, -0.2) is 15.0 Å². The molecule has 0 radical (unpaired) electrons. The van der Waals surface area contributed by atoms with Crippen LogP contribution in [0.3, 0.4) is 0 Å². The molecule has 3 heterocycles. The fraction of sp³-hybridized carbons (Fsp3) is 0.245. The van der Waals surface area contributed by atoms with E-state index in [4.69, 9.17) is 23.8 Å². The van der Waals surface area contributed by atoms with E-state index in [0.717, 1.165) is 84.5 Å². The highest BCUT2D eigenvalue weighted by atomic mass is 16.3. The predicted molar refractivity (Wildman–Crippen MR) is 214 cm³/mol. The Hall–Kier alpha value is -5.81. The molecule has 5 heteroatoms. The second-order valence-electron chi connectivity index (χ2n) is 16.7. The average Bonchev–Trinajstić information content (AvgIpc) is 3.88. The third-order valence-corrected chi connectivity index (χ3v) is 14.3. The van der Waals surface area contributed by atoms with Gasteiger partial charge in [0.25, 0.3) is 0 Å². The first-order chi connectivity index (χ1) is 26.7. The summed E-state index contributed by atoms with van der Waals surface area (Å²) in [6.07, 6.45) is 14.1. The van der Waals surface area contributed by atoms with Crippen LogP contribution in [0.15, 0.2) is 136 Å². The van der Waals surface area contributed by atoms with E-state index in [2.05, 4.69) is 103 Å². The summed E-state index contributed by atoms with van der Waals surface area (Å²) in [5.41, 5.74) is 9.42. The van der Waals surface area contributed by atoms with E-state index in [1.165, 1.54) is 43.2 Å². The Balaban J connectivity index is 1.05. The molecule has 5 nitrogen and oxygen atoms in total. The van der Waals surface area contributed by atoms with Gasteiger partial charge in [0.15, 0.2) is 17.5 Å². The maximum Gasteiger partial charge on any atom is 0.167 e. The molecular weight excluding hydrogens is 663 g/mol. The minimum atomic E-state index is 0.170. The number of aromatic nitrogens is 3. The molecule has 3 aromatic heterocycles. The van der Waals surface area contributed by atoms with Crippen LogP contribution in [0, 0.1) is 29.6 Å². The van der Waals surface area contributed by atoms with Gasteiger partial charge in [0.05, 0.1) is 11.1 Å². The van der Waals surface area contributed by atoms with Gasteiger partial charge in [-0.05, 0) is 97.1 Å². The lowest BCUT2D eigenvalue weighted by atomic mass is 9.41. The number of fused-ring (bicyclic) bond motifs is 9. The molecule has 14 rings (SSSR count). The first-order valence-corrected chi connectivity index (χ1v) is 19.8. The summed E-state index contributed by atoms with van der Waals surface area (Å²) in [6.45, 7) is 0. The molecule has 8 aromatic rings. The van der Waals surface area contributed by atoms with E-state index >= 15 is 0 Å². The molecule has 0 aliphatic heterocycles. The molecule has 54 heavy (non-hydrogen) atoms. The lowest BCUT2D eigenvalue weighted by molar-refractivity contribution is -0.0758. The van der Waals surface area contributed by atoms with Crippen molar-refractivity contribution in [2.45, 2.75) is 43.4 Å². The number of hydrogen-bond donors (Lipinski definition) is 0. The summed E-state index contributed by atoms with van der Waals surface area (Å²) < 4.78 is 13.2. The number of benzene rings is 5. The molecular formula is C49H37N3O2. The van der Waals surface area contributed by atoms with Crippen molar-refractivity contribution in [3.63, 3.8) is 0 Å². The maximum atomic E-state index is 6.58. The third-order valence-electron chi connectivity index (χ3n) is 14.3. The smallest absolute Gasteiger partial charge is 0.167 e. The molecule has 0 saturated heterocycles. The van der Waals surface area contributed by atoms with Crippen LogP contribution in [0.1, 0.15) is 55.0 Å². The zero-order valence-corrected chi connectivity index (χ0v) is 29.8. The molecule has 2 atom stereocenters. The van der Waals surface area contributed by atoms with Crippen molar-refractivity contribution in [2.24, 2.45) is 29.6 Å². The highest BCUT2D eigenvalue weighted by Gasteiger charge is 2.65. The van der Waals surface area contributed by atoms with Crippen molar-refractivity contribution < 1.29 is 8.83 Å². The summed E-state index contributed by atoms with van der Waals surface area (Å²) in [7, 11) is 0. The summed E-state index contributed by atoms with van der Waals surface area (Å²) in [5, 5.41) is 4.28. The number of para-hydroxylation sites is 4. The lowest BCUT2D eigenvalue weighted by Gasteiger charge is -2.63. The first kappa shape index (κ1) is 29.6. The fourth-order valence-electron chi connectivity index (χ4n) is 12.6. The van der Waals surface area contributed by atoms with E-state index in [0.29, 0.717) is 17.6 Å². The Morgan fingerprint density at radius 2 is 1.06 bits per heavy atom. The SMILES string of the molecule is C1=CC2C(C(c3nc(-c4cccc5c4oc4ccccc45)nc(-c4cccc5c4oc4ccccc45)n3)=C1)c1ccccc1C21C2CC3CC(C2)CC1C3. The van der Waals surface area contributed by atoms with E-state index in [9.17, 15) is 0 Å². The summed E-state index contributed by atoms with van der Waals surface area (Å²) >= 11 is 0. The van der Waals surface area contributed by atoms with Crippen molar-refractivity contribution in [1.29, 1.82) is 0 Å². The van der Waals surface area contributed by atoms with E-state index in [1.807, 2.05) is 24.3 Å². The van der Waals surface area contributed by atoms with Gasteiger partial charge in [-0.15, -0.1) is 0 Å². The number of hydrogen-bond acceptors (Lipinski definition) is 5. The molecule has 1 spiro atoms. The van der Waals surface area contributed by atoms with E-state index < -0.39 is 0 Å². The van der Waals surface area contributed by atoms with Crippen molar-refractivity contribution >= 4 is 49.5 Å². The van der Waals surface area contributed by atoms with Crippen LogP contribution >= 0.6 is 0 Å². The van der Waals surface area contributed by atoms with Gasteiger partial charge in [0.2, 0.25) is 0 Å². The molecule has 0 N–H and O–H groups in total. The zero-order valence-electron chi connectivity index (χ0n) is 29.8. The second kappa shape index (κ2) is 10.7. The maximum absolute atomic E-state index is 6.58. The minimum Gasteiger partial charge on any atom is -0.455 e. The van der Waals surface area contributed by atoms with E-state index in [1.54, 1.807) is 5.56 Å². The van der Waals surface area contributed by atoms with Crippen LogP contribution in [0.25, 0.3) is 72.2 Å². The van der Waals surface area contributed by atoms with Crippen LogP contribution in [-0.4, -0.2) is 15.0 Å². The second-order valence-corrected chi connectivity index (χ2v) is 16.7. The summed E-state index contributed by atoms with van der Waals surface area (Å²) in [5.74, 6) is 5.77. The molecule has 6 aliphatic carbocycles. The molecule has 260 valence electrons.